The first-order valence-corrected chi connectivity index (χ1v) is 20.7. The van der Waals surface area contributed by atoms with Crippen molar-refractivity contribution < 1.29 is 4.42 Å². The molecule has 0 atom stereocenters. The molecule has 3 nitrogen and oxygen atoms in total. The van der Waals surface area contributed by atoms with Gasteiger partial charge in [0, 0.05) is 79.8 Å². The van der Waals surface area contributed by atoms with Gasteiger partial charge in [0.25, 0.3) is 0 Å². The molecule has 6 heteroatoms. The Morgan fingerprint density at radius 3 is 1.93 bits per heavy atom. The fraction of sp³-hybridized carbons (Fsp3) is 0. The standard InChI is InChI=1S/C49H28N2OS3/c1-2-8-30(9-3-1)49-50-48-46(55-49)25-24-45-47(48)39-26-31(16-22-44(39)54-45)29-14-17-32(18-15-29)51(33-20-23-43-38(27-33)37-11-5-7-13-42(37)53-43)34-19-21-36-35-10-4-6-12-40(35)52-41(36)28-34/h1-28H. The van der Waals surface area contributed by atoms with E-state index >= 15 is 0 Å². The average molecular weight is 757 g/mol. The second-order valence-corrected chi connectivity index (χ2v) is 17.1. The highest BCUT2D eigenvalue weighted by molar-refractivity contribution is 7.26. The summed E-state index contributed by atoms with van der Waals surface area (Å²) in [7, 11) is 0. The fourth-order valence-electron chi connectivity index (χ4n) is 8.09. The molecular formula is C49H28N2OS3. The molecule has 8 aromatic carbocycles. The van der Waals surface area contributed by atoms with Gasteiger partial charge in [-0.05, 0) is 90.0 Å². The summed E-state index contributed by atoms with van der Waals surface area (Å²) in [5.74, 6) is 0. The molecule has 0 aliphatic heterocycles. The molecule has 12 aromatic rings. The largest absolute Gasteiger partial charge is 0.456 e. The monoisotopic (exact) mass is 756 g/mol. The quantitative estimate of drug-likeness (QED) is 0.175. The first-order chi connectivity index (χ1) is 27.2. The zero-order chi connectivity index (χ0) is 36.0. The number of furan rings is 1. The molecule has 0 aliphatic carbocycles. The predicted octanol–water partition coefficient (Wildman–Crippen LogP) is 15.7. The van der Waals surface area contributed by atoms with Crippen LogP contribution in [0.3, 0.4) is 0 Å². The van der Waals surface area contributed by atoms with Crippen molar-refractivity contribution in [2.75, 3.05) is 4.90 Å². The molecule has 0 aliphatic rings. The lowest BCUT2D eigenvalue weighted by atomic mass is 10.0. The number of thiophene rings is 2. The third-order valence-corrected chi connectivity index (χ3v) is 14.1. The third-order valence-electron chi connectivity index (χ3n) is 10.7. The first kappa shape index (κ1) is 31.1. The minimum atomic E-state index is 0.879. The topological polar surface area (TPSA) is 29.3 Å². The molecule has 0 amide bonds. The predicted molar refractivity (Wildman–Crippen MR) is 238 cm³/mol. The maximum atomic E-state index is 6.39. The SMILES string of the molecule is c1ccc(-c2nc3c(ccc4sc5ccc(-c6ccc(N(c7ccc8c(c7)oc7ccccc78)c7ccc8sc9ccccc9c8c7)cc6)cc5c43)s2)cc1. The maximum Gasteiger partial charge on any atom is 0.137 e. The summed E-state index contributed by atoms with van der Waals surface area (Å²) in [4.78, 5) is 7.55. The van der Waals surface area contributed by atoms with Crippen LogP contribution >= 0.6 is 34.0 Å². The summed E-state index contributed by atoms with van der Waals surface area (Å²) in [6.07, 6.45) is 0. The van der Waals surface area contributed by atoms with E-state index in [4.69, 9.17) is 9.40 Å². The van der Waals surface area contributed by atoms with Gasteiger partial charge < -0.3 is 9.32 Å². The molecule has 0 bridgehead atoms. The number of anilines is 3. The van der Waals surface area contributed by atoms with Crippen molar-refractivity contribution in [2.45, 2.75) is 0 Å². The molecule has 55 heavy (non-hydrogen) atoms. The summed E-state index contributed by atoms with van der Waals surface area (Å²) in [5, 5.41) is 8.38. The van der Waals surface area contributed by atoms with E-state index in [1.54, 1.807) is 11.3 Å². The Morgan fingerprint density at radius 2 is 1.02 bits per heavy atom. The van der Waals surface area contributed by atoms with Crippen LogP contribution in [-0.2, 0) is 0 Å². The average Bonchev–Trinajstić information content (AvgIpc) is 4.02. The summed E-state index contributed by atoms with van der Waals surface area (Å²) < 4.78 is 12.7. The van der Waals surface area contributed by atoms with Gasteiger partial charge >= 0.3 is 0 Å². The van der Waals surface area contributed by atoms with Crippen LogP contribution in [0.25, 0.3) is 94.2 Å². The second kappa shape index (κ2) is 12.1. The van der Waals surface area contributed by atoms with Crippen molar-refractivity contribution in [3.8, 4) is 21.7 Å². The number of rotatable bonds is 5. The van der Waals surface area contributed by atoms with Crippen molar-refractivity contribution in [1.82, 2.24) is 4.98 Å². The van der Waals surface area contributed by atoms with Gasteiger partial charge in [0.05, 0.1) is 10.2 Å². The fourth-order valence-corrected chi connectivity index (χ4v) is 11.2. The molecule has 4 aromatic heterocycles. The molecule has 4 heterocycles. The number of nitrogens with zero attached hydrogens (tertiary/aromatic N) is 2. The molecule has 0 N–H and O–H groups in total. The van der Waals surface area contributed by atoms with E-state index in [9.17, 15) is 0 Å². The first-order valence-electron chi connectivity index (χ1n) is 18.3. The molecular weight excluding hydrogens is 729 g/mol. The minimum Gasteiger partial charge on any atom is -0.456 e. The van der Waals surface area contributed by atoms with Crippen LogP contribution in [0, 0.1) is 0 Å². The van der Waals surface area contributed by atoms with Crippen molar-refractivity contribution in [3.05, 3.63) is 170 Å². The van der Waals surface area contributed by atoms with Crippen molar-refractivity contribution in [2.24, 2.45) is 0 Å². The number of thiazole rings is 1. The van der Waals surface area contributed by atoms with Gasteiger partial charge in [-0.15, -0.1) is 34.0 Å². The summed E-state index contributed by atoms with van der Waals surface area (Å²) >= 11 is 5.45. The minimum absolute atomic E-state index is 0.879. The highest BCUT2D eigenvalue weighted by atomic mass is 32.1. The summed E-state index contributed by atoms with van der Waals surface area (Å²) in [5.41, 5.74) is 9.63. The second-order valence-electron chi connectivity index (χ2n) is 13.9. The molecule has 0 saturated carbocycles. The normalized spacial score (nSPS) is 12.0. The molecule has 0 spiro atoms. The van der Waals surface area contributed by atoms with E-state index in [-0.39, 0.29) is 0 Å². The van der Waals surface area contributed by atoms with Crippen LogP contribution in [0.2, 0.25) is 0 Å². The number of fused-ring (bicyclic) bond motifs is 11. The molecule has 0 radical (unpaired) electrons. The smallest absolute Gasteiger partial charge is 0.137 e. The van der Waals surface area contributed by atoms with E-state index in [0.29, 0.717) is 0 Å². The van der Waals surface area contributed by atoms with Crippen LogP contribution in [0.5, 0.6) is 0 Å². The Labute approximate surface area is 327 Å². The van der Waals surface area contributed by atoms with Gasteiger partial charge in [0.1, 0.15) is 16.2 Å². The van der Waals surface area contributed by atoms with Gasteiger partial charge in [-0.1, -0.05) is 84.9 Å². The van der Waals surface area contributed by atoms with E-state index in [1.165, 1.54) is 56.2 Å². The Kier molecular flexibility index (Phi) is 6.84. The lowest BCUT2D eigenvalue weighted by Crippen LogP contribution is -2.09. The Morgan fingerprint density at radius 1 is 0.382 bits per heavy atom. The number of aromatic nitrogens is 1. The lowest BCUT2D eigenvalue weighted by Gasteiger charge is -2.26. The van der Waals surface area contributed by atoms with Crippen LogP contribution in [0.1, 0.15) is 0 Å². The number of benzene rings is 8. The van der Waals surface area contributed by atoms with Gasteiger partial charge in [0.15, 0.2) is 0 Å². The van der Waals surface area contributed by atoms with Gasteiger partial charge in [-0.3, -0.25) is 0 Å². The van der Waals surface area contributed by atoms with E-state index in [0.717, 1.165) is 55.1 Å². The molecule has 258 valence electrons. The number of hydrogen-bond acceptors (Lipinski definition) is 6. The van der Waals surface area contributed by atoms with Gasteiger partial charge in [-0.25, -0.2) is 4.98 Å². The molecule has 0 saturated heterocycles. The highest BCUT2D eigenvalue weighted by Crippen LogP contribution is 2.45. The van der Waals surface area contributed by atoms with E-state index < -0.39 is 0 Å². The van der Waals surface area contributed by atoms with E-state index in [1.807, 2.05) is 34.8 Å². The molecule has 0 unspecified atom stereocenters. The lowest BCUT2D eigenvalue weighted by molar-refractivity contribution is 0.669. The Balaban J connectivity index is 0.984. The van der Waals surface area contributed by atoms with Crippen LogP contribution in [0.15, 0.2) is 174 Å². The van der Waals surface area contributed by atoms with E-state index in [2.05, 4.69) is 163 Å². The maximum absolute atomic E-state index is 6.39. The Hall–Kier alpha value is -6.31. The highest BCUT2D eigenvalue weighted by Gasteiger charge is 2.19. The van der Waals surface area contributed by atoms with Crippen molar-refractivity contribution in [1.29, 1.82) is 0 Å². The number of para-hydroxylation sites is 1. The zero-order valence-corrected chi connectivity index (χ0v) is 31.6. The third kappa shape index (κ3) is 4.96. The summed E-state index contributed by atoms with van der Waals surface area (Å²) in [6, 6.07) is 61.2. The zero-order valence-electron chi connectivity index (χ0n) is 29.2. The van der Waals surface area contributed by atoms with Gasteiger partial charge in [0.2, 0.25) is 0 Å². The molecule has 12 rings (SSSR count). The number of hydrogen-bond donors (Lipinski definition) is 0. The molecule has 0 fully saturated rings. The van der Waals surface area contributed by atoms with Crippen molar-refractivity contribution >= 4 is 124 Å². The summed E-state index contributed by atoms with van der Waals surface area (Å²) in [6.45, 7) is 0. The van der Waals surface area contributed by atoms with Gasteiger partial charge in [-0.2, -0.15) is 0 Å². The van der Waals surface area contributed by atoms with Crippen LogP contribution in [-0.4, -0.2) is 4.98 Å². The van der Waals surface area contributed by atoms with Crippen LogP contribution < -0.4 is 4.90 Å². The van der Waals surface area contributed by atoms with Crippen molar-refractivity contribution in [3.63, 3.8) is 0 Å². The Bertz CT molecular complexity index is 3440. The van der Waals surface area contributed by atoms with Crippen LogP contribution in [0.4, 0.5) is 17.1 Å².